The minimum absolute atomic E-state index is 0.0440. The van der Waals surface area contributed by atoms with Crippen LogP contribution in [-0.4, -0.2) is 36.7 Å². The molecule has 0 atom stereocenters. The van der Waals surface area contributed by atoms with Gasteiger partial charge in [0.05, 0.1) is 18.1 Å². The molecule has 0 fully saturated rings. The average molecular weight is 220 g/mol. The lowest BCUT2D eigenvalue weighted by molar-refractivity contribution is 0.0696. The van der Waals surface area contributed by atoms with E-state index in [0.717, 1.165) is 0 Å². The first kappa shape index (κ1) is 10.1. The van der Waals surface area contributed by atoms with Crippen LogP contribution in [0.1, 0.15) is 20.8 Å². The number of nitrogens with zero attached hydrogens (tertiary/aromatic N) is 4. The smallest absolute Gasteiger partial charge is 0.338 e. The van der Waals surface area contributed by atoms with Crippen LogP contribution >= 0.6 is 0 Å². The Labute approximate surface area is 89.9 Å². The van der Waals surface area contributed by atoms with E-state index in [0.29, 0.717) is 17.8 Å². The first-order chi connectivity index (χ1) is 7.63. The number of aldehydes is 1. The lowest BCUT2D eigenvalue weighted by Crippen LogP contribution is -2.02. The van der Waals surface area contributed by atoms with E-state index >= 15 is 0 Å². The summed E-state index contributed by atoms with van der Waals surface area (Å²) in [7, 11) is 1.67. The highest BCUT2D eigenvalue weighted by molar-refractivity contribution is 5.87. The van der Waals surface area contributed by atoms with E-state index in [1.165, 1.54) is 28.0 Å². The average Bonchev–Trinajstić information content (AvgIpc) is 2.83. The van der Waals surface area contributed by atoms with Gasteiger partial charge in [0.25, 0.3) is 0 Å². The maximum atomic E-state index is 10.8. The van der Waals surface area contributed by atoms with Crippen LogP contribution in [0, 0.1) is 0 Å². The summed E-state index contributed by atoms with van der Waals surface area (Å²) in [6.07, 6.45) is 4.61. The van der Waals surface area contributed by atoms with Gasteiger partial charge in [-0.25, -0.2) is 14.5 Å². The van der Waals surface area contributed by atoms with Crippen LogP contribution in [0.3, 0.4) is 0 Å². The Morgan fingerprint density at radius 2 is 2.31 bits per heavy atom. The molecule has 0 radical (unpaired) electrons. The number of hydrogen-bond donors (Lipinski definition) is 1. The zero-order valence-corrected chi connectivity index (χ0v) is 8.36. The monoisotopic (exact) mass is 220 g/mol. The normalized spacial score (nSPS) is 10.3. The number of aromatic nitrogens is 4. The molecule has 2 heterocycles. The zero-order chi connectivity index (χ0) is 11.7. The minimum Gasteiger partial charge on any atom is -0.478 e. The number of aryl methyl sites for hydroxylation is 1. The van der Waals surface area contributed by atoms with Gasteiger partial charge in [-0.05, 0) is 0 Å². The molecule has 0 saturated carbocycles. The molecule has 0 aliphatic rings. The molecule has 82 valence electrons. The van der Waals surface area contributed by atoms with E-state index in [2.05, 4.69) is 10.1 Å². The number of aromatic carboxylic acids is 1. The summed E-state index contributed by atoms with van der Waals surface area (Å²) in [5.74, 6) is -0.764. The lowest BCUT2D eigenvalue weighted by atomic mass is 10.4. The van der Waals surface area contributed by atoms with E-state index in [-0.39, 0.29) is 5.56 Å². The van der Waals surface area contributed by atoms with E-state index < -0.39 is 5.97 Å². The van der Waals surface area contributed by atoms with Crippen LogP contribution in [0.2, 0.25) is 0 Å². The van der Waals surface area contributed by atoms with Crippen LogP contribution in [0.25, 0.3) is 5.82 Å². The molecule has 2 aromatic heterocycles. The number of imidazole rings is 1. The molecule has 2 aromatic rings. The summed E-state index contributed by atoms with van der Waals surface area (Å²) in [5, 5.41) is 12.6. The number of hydrogen-bond acceptors (Lipinski definition) is 4. The molecular formula is C9H8N4O3. The van der Waals surface area contributed by atoms with Crippen LogP contribution < -0.4 is 0 Å². The van der Waals surface area contributed by atoms with Crippen molar-refractivity contribution in [1.29, 1.82) is 0 Å². The molecule has 0 saturated heterocycles. The first-order valence-corrected chi connectivity index (χ1v) is 4.38. The van der Waals surface area contributed by atoms with Crippen LogP contribution in [-0.2, 0) is 7.05 Å². The highest BCUT2D eigenvalue weighted by Gasteiger charge is 2.13. The summed E-state index contributed by atoms with van der Waals surface area (Å²) >= 11 is 0. The Morgan fingerprint density at radius 3 is 2.88 bits per heavy atom. The number of carbonyl (C=O) groups excluding carboxylic acids is 1. The van der Waals surface area contributed by atoms with Crippen LogP contribution in [0.5, 0.6) is 0 Å². The Bertz CT molecular complexity index is 555. The van der Waals surface area contributed by atoms with Gasteiger partial charge >= 0.3 is 5.97 Å². The molecule has 0 spiro atoms. The molecular weight excluding hydrogens is 212 g/mol. The van der Waals surface area contributed by atoms with Crippen molar-refractivity contribution < 1.29 is 14.7 Å². The SMILES string of the molecule is Cn1cnc(-n2cc(C(=O)O)cn2)c1C=O. The largest absolute Gasteiger partial charge is 0.478 e. The number of rotatable bonds is 3. The van der Waals surface area contributed by atoms with Crippen molar-refractivity contribution in [2.45, 2.75) is 0 Å². The maximum absolute atomic E-state index is 10.8. The molecule has 0 aliphatic heterocycles. The Hall–Kier alpha value is -2.44. The van der Waals surface area contributed by atoms with Crippen molar-refractivity contribution in [3.05, 3.63) is 30.0 Å². The number of carboxylic acid groups (broad SMARTS) is 1. The predicted octanol–water partition coefficient (Wildman–Crippen LogP) is 0.116. The van der Waals surface area contributed by atoms with E-state index in [1.54, 1.807) is 7.05 Å². The number of carboxylic acids is 1. The summed E-state index contributed by atoms with van der Waals surface area (Å²) in [6, 6.07) is 0. The first-order valence-electron chi connectivity index (χ1n) is 4.38. The molecule has 2 rings (SSSR count). The van der Waals surface area contributed by atoms with Crippen molar-refractivity contribution in [2.24, 2.45) is 7.05 Å². The molecule has 1 N–H and O–H groups in total. The summed E-state index contributed by atoms with van der Waals surface area (Å²) < 4.78 is 2.79. The van der Waals surface area contributed by atoms with E-state index in [9.17, 15) is 9.59 Å². The Morgan fingerprint density at radius 1 is 1.56 bits per heavy atom. The van der Waals surface area contributed by atoms with Crippen LogP contribution in [0.15, 0.2) is 18.7 Å². The quantitative estimate of drug-likeness (QED) is 0.742. The standard InChI is InChI=1S/C9H8N4O3/c1-12-5-10-8(7(12)4-14)13-3-6(2-11-13)9(15)16/h2-5H,1H3,(H,15,16). The van der Waals surface area contributed by atoms with Gasteiger partial charge in [0.1, 0.15) is 5.69 Å². The molecule has 0 aliphatic carbocycles. The topological polar surface area (TPSA) is 90.0 Å². The van der Waals surface area contributed by atoms with Crippen molar-refractivity contribution >= 4 is 12.3 Å². The van der Waals surface area contributed by atoms with Crippen molar-refractivity contribution in [3.8, 4) is 5.82 Å². The second-order valence-corrected chi connectivity index (χ2v) is 3.16. The fourth-order valence-corrected chi connectivity index (χ4v) is 1.29. The highest BCUT2D eigenvalue weighted by Crippen LogP contribution is 2.10. The Balaban J connectivity index is 2.50. The number of carbonyl (C=O) groups is 2. The van der Waals surface area contributed by atoms with Gasteiger partial charge in [-0.1, -0.05) is 0 Å². The highest BCUT2D eigenvalue weighted by atomic mass is 16.4. The second-order valence-electron chi connectivity index (χ2n) is 3.16. The fourth-order valence-electron chi connectivity index (χ4n) is 1.29. The minimum atomic E-state index is -1.07. The van der Waals surface area contributed by atoms with E-state index in [1.807, 2.05) is 0 Å². The van der Waals surface area contributed by atoms with Crippen molar-refractivity contribution in [2.75, 3.05) is 0 Å². The van der Waals surface area contributed by atoms with Gasteiger partial charge in [0, 0.05) is 13.2 Å². The predicted molar refractivity (Wildman–Crippen MR) is 52.7 cm³/mol. The van der Waals surface area contributed by atoms with E-state index in [4.69, 9.17) is 5.11 Å². The van der Waals surface area contributed by atoms with Gasteiger partial charge < -0.3 is 9.67 Å². The third-order valence-corrected chi connectivity index (χ3v) is 2.12. The molecule has 16 heavy (non-hydrogen) atoms. The van der Waals surface area contributed by atoms with Gasteiger partial charge in [0.2, 0.25) is 0 Å². The third kappa shape index (κ3) is 1.48. The molecule has 0 bridgehead atoms. The molecule has 7 nitrogen and oxygen atoms in total. The summed E-state index contributed by atoms with van der Waals surface area (Å²) in [6.45, 7) is 0. The molecule has 7 heteroatoms. The summed E-state index contributed by atoms with van der Waals surface area (Å²) in [5.41, 5.74) is 0.377. The zero-order valence-electron chi connectivity index (χ0n) is 8.36. The van der Waals surface area contributed by atoms with Gasteiger partial charge in [-0.15, -0.1) is 0 Å². The second kappa shape index (κ2) is 3.61. The lowest BCUT2D eigenvalue weighted by Gasteiger charge is -1.97. The van der Waals surface area contributed by atoms with Gasteiger partial charge in [0.15, 0.2) is 12.1 Å². The van der Waals surface area contributed by atoms with Crippen molar-refractivity contribution in [3.63, 3.8) is 0 Å². The molecule has 0 aromatic carbocycles. The maximum Gasteiger partial charge on any atom is 0.338 e. The third-order valence-electron chi connectivity index (χ3n) is 2.12. The van der Waals surface area contributed by atoms with Crippen LogP contribution in [0.4, 0.5) is 0 Å². The fraction of sp³-hybridized carbons (Fsp3) is 0.111. The molecule has 0 unspecified atom stereocenters. The molecule has 0 amide bonds. The van der Waals surface area contributed by atoms with Gasteiger partial charge in [-0.2, -0.15) is 5.10 Å². The Kier molecular flexibility index (Phi) is 2.28. The van der Waals surface area contributed by atoms with Gasteiger partial charge in [-0.3, -0.25) is 4.79 Å². The summed E-state index contributed by atoms with van der Waals surface area (Å²) in [4.78, 5) is 25.4. The van der Waals surface area contributed by atoms with Crippen molar-refractivity contribution in [1.82, 2.24) is 19.3 Å².